The molecule has 1 amide bonds. The largest absolute Gasteiger partial charge is 0.397 e. The van der Waals surface area contributed by atoms with Crippen molar-refractivity contribution < 1.29 is 4.79 Å². The summed E-state index contributed by atoms with van der Waals surface area (Å²) in [5.41, 5.74) is 8.82. The molecule has 0 spiro atoms. The zero-order valence-electron chi connectivity index (χ0n) is 9.80. The Kier molecular flexibility index (Phi) is 2.79. The lowest BCUT2D eigenvalue weighted by Gasteiger charge is -2.07. The quantitative estimate of drug-likeness (QED) is 0.882. The first-order valence-corrected chi connectivity index (χ1v) is 6.75. The Labute approximate surface area is 109 Å². The molecule has 1 aliphatic carbocycles. The molecule has 3 N–H and O–H groups in total. The Morgan fingerprint density at radius 1 is 1.61 bits per heavy atom. The van der Waals surface area contributed by atoms with Crippen LogP contribution in [0.3, 0.4) is 0 Å². The SMILES string of the molecule is Nc1cc(C(=O)NCc2cncs2)n(C2CC2)c1. The second-order valence-electron chi connectivity index (χ2n) is 4.45. The monoisotopic (exact) mass is 262 g/mol. The number of anilines is 1. The Hall–Kier alpha value is -1.82. The van der Waals surface area contributed by atoms with Crippen LogP contribution in [-0.4, -0.2) is 15.5 Å². The van der Waals surface area contributed by atoms with E-state index in [1.807, 2.05) is 10.8 Å². The minimum absolute atomic E-state index is 0.0769. The lowest BCUT2D eigenvalue weighted by molar-refractivity contribution is 0.0942. The summed E-state index contributed by atoms with van der Waals surface area (Å²) >= 11 is 1.53. The molecule has 18 heavy (non-hydrogen) atoms. The molecule has 2 aromatic rings. The Morgan fingerprint density at radius 2 is 2.44 bits per heavy atom. The number of nitrogens with two attached hydrogens (primary N) is 1. The molecule has 3 rings (SSSR count). The van der Waals surface area contributed by atoms with Gasteiger partial charge in [-0.15, -0.1) is 11.3 Å². The number of hydrogen-bond donors (Lipinski definition) is 2. The number of aromatic nitrogens is 2. The van der Waals surface area contributed by atoms with Crippen molar-refractivity contribution in [3.8, 4) is 0 Å². The van der Waals surface area contributed by atoms with Crippen molar-refractivity contribution in [2.45, 2.75) is 25.4 Å². The van der Waals surface area contributed by atoms with E-state index < -0.39 is 0 Å². The molecular formula is C12H14N4OS. The second kappa shape index (κ2) is 4.45. The molecule has 94 valence electrons. The van der Waals surface area contributed by atoms with Gasteiger partial charge < -0.3 is 15.6 Å². The first-order chi connectivity index (χ1) is 8.74. The van der Waals surface area contributed by atoms with Crippen LogP contribution in [0.4, 0.5) is 5.69 Å². The maximum Gasteiger partial charge on any atom is 0.268 e. The highest BCUT2D eigenvalue weighted by Gasteiger charge is 2.27. The van der Waals surface area contributed by atoms with E-state index in [0.717, 1.165) is 17.7 Å². The lowest BCUT2D eigenvalue weighted by atomic mass is 10.3. The molecule has 0 aliphatic heterocycles. The van der Waals surface area contributed by atoms with Crippen molar-refractivity contribution in [1.29, 1.82) is 0 Å². The highest BCUT2D eigenvalue weighted by Crippen LogP contribution is 2.37. The minimum atomic E-state index is -0.0769. The van der Waals surface area contributed by atoms with Gasteiger partial charge in [-0.1, -0.05) is 0 Å². The Balaban J connectivity index is 1.71. The summed E-state index contributed by atoms with van der Waals surface area (Å²) in [6.07, 6.45) is 5.87. The van der Waals surface area contributed by atoms with Crippen molar-refractivity contribution >= 4 is 22.9 Å². The molecule has 1 saturated carbocycles. The van der Waals surface area contributed by atoms with E-state index in [1.54, 1.807) is 17.8 Å². The summed E-state index contributed by atoms with van der Waals surface area (Å²) < 4.78 is 1.98. The zero-order valence-corrected chi connectivity index (χ0v) is 10.6. The fraction of sp³-hybridized carbons (Fsp3) is 0.333. The first-order valence-electron chi connectivity index (χ1n) is 5.87. The molecule has 1 fully saturated rings. The lowest BCUT2D eigenvalue weighted by Crippen LogP contribution is -2.24. The van der Waals surface area contributed by atoms with Crippen molar-refractivity contribution in [2.24, 2.45) is 0 Å². The normalized spacial score (nSPS) is 14.7. The third-order valence-corrected chi connectivity index (χ3v) is 3.73. The standard InChI is InChI=1S/C12H14N4OS/c13-8-3-11(16(6-8)9-1-2-9)12(17)15-5-10-4-14-7-18-10/h3-4,6-7,9H,1-2,5,13H2,(H,15,17). The van der Waals surface area contributed by atoms with Crippen molar-refractivity contribution in [2.75, 3.05) is 5.73 Å². The van der Waals surface area contributed by atoms with Crippen LogP contribution in [-0.2, 0) is 6.54 Å². The molecule has 6 heteroatoms. The number of carbonyl (C=O) groups is 1. The summed E-state index contributed by atoms with van der Waals surface area (Å²) in [4.78, 5) is 17.1. The van der Waals surface area contributed by atoms with Gasteiger partial charge >= 0.3 is 0 Å². The van der Waals surface area contributed by atoms with Gasteiger partial charge in [0, 0.05) is 23.3 Å². The van der Waals surface area contributed by atoms with Gasteiger partial charge in [0.15, 0.2) is 0 Å². The summed E-state index contributed by atoms with van der Waals surface area (Å²) in [6, 6.07) is 2.19. The highest BCUT2D eigenvalue weighted by atomic mass is 32.1. The van der Waals surface area contributed by atoms with Gasteiger partial charge in [-0.3, -0.25) is 9.78 Å². The number of nitrogens with zero attached hydrogens (tertiary/aromatic N) is 2. The van der Waals surface area contributed by atoms with Gasteiger partial charge in [-0.25, -0.2) is 0 Å². The van der Waals surface area contributed by atoms with Gasteiger partial charge in [0.25, 0.3) is 5.91 Å². The number of hydrogen-bond acceptors (Lipinski definition) is 4. The zero-order chi connectivity index (χ0) is 12.5. The van der Waals surface area contributed by atoms with Gasteiger partial charge in [-0.2, -0.15) is 0 Å². The molecule has 2 heterocycles. The Bertz CT molecular complexity index is 557. The fourth-order valence-corrected chi connectivity index (χ4v) is 2.46. The van der Waals surface area contributed by atoms with Gasteiger partial charge in [0.05, 0.1) is 17.7 Å². The minimum Gasteiger partial charge on any atom is -0.397 e. The molecule has 0 radical (unpaired) electrons. The van der Waals surface area contributed by atoms with Crippen LogP contribution in [0.25, 0.3) is 0 Å². The second-order valence-corrected chi connectivity index (χ2v) is 5.42. The van der Waals surface area contributed by atoms with E-state index >= 15 is 0 Å². The summed E-state index contributed by atoms with van der Waals surface area (Å²) in [5, 5.41) is 2.89. The molecule has 0 unspecified atom stereocenters. The van der Waals surface area contributed by atoms with Crippen LogP contribution in [0.2, 0.25) is 0 Å². The fourth-order valence-electron chi connectivity index (χ4n) is 1.92. The molecule has 1 aliphatic rings. The average molecular weight is 262 g/mol. The van der Waals surface area contributed by atoms with E-state index in [0.29, 0.717) is 24.0 Å². The molecule has 2 aromatic heterocycles. The van der Waals surface area contributed by atoms with Gasteiger partial charge in [0.1, 0.15) is 5.69 Å². The molecule has 0 saturated heterocycles. The topological polar surface area (TPSA) is 72.9 Å². The smallest absolute Gasteiger partial charge is 0.268 e. The van der Waals surface area contributed by atoms with Crippen LogP contribution in [0.15, 0.2) is 24.0 Å². The van der Waals surface area contributed by atoms with E-state index in [2.05, 4.69) is 10.3 Å². The van der Waals surface area contributed by atoms with Crippen LogP contribution >= 0.6 is 11.3 Å². The number of nitrogen functional groups attached to an aromatic ring is 1. The summed E-state index contributed by atoms with van der Waals surface area (Å²) in [5.74, 6) is -0.0769. The third-order valence-electron chi connectivity index (χ3n) is 2.95. The number of nitrogens with one attached hydrogen (secondary N) is 1. The first kappa shape index (κ1) is 11.3. The van der Waals surface area contributed by atoms with Crippen LogP contribution in [0.5, 0.6) is 0 Å². The number of thiazole rings is 1. The van der Waals surface area contributed by atoms with Crippen molar-refractivity contribution in [3.63, 3.8) is 0 Å². The third kappa shape index (κ3) is 2.24. The summed E-state index contributed by atoms with van der Waals surface area (Å²) in [7, 11) is 0. The predicted octanol–water partition coefficient (Wildman–Crippen LogP) is 1.79. The molecule has 0 atom stereocenters. The van der Waals surface area contributed by atoms with Gasteiger partial charge in [-0.05, 0) is 18.9 Å². The van der Waals surface area contributed by atoms with E-state index in [4.69, 9.17) is 5.73 Å². The highest BCUT2D eigenvalue weighted by molar-refractivity contribution is 7.09. The van der Waals surface area contributed by atoms with Crippen LogP contribution in [0, 0.1) is 0 Å². The number of rotatable bonds is 4. The van der Waals surface area contributed by atoms with Crippen LogP contribution < -0.4 is 11.1 Å². The predicted molar refractivity (Wildman–Crippen MR) is 70.4 cm³/mol. The Morgan fingerprint density at radius 3 is 3.11 bits per heavy atom. The van der Waals surface area contributed by atoms with E-state index in [1.165, 1.54) is 11.3 Å². The molecule has 5 nitrogen and oxygen atoms in total. The van der Waals surface area contributed by atoms with Crippen molar-refractivity contribution in [3.05, 3.63) is 34.5 Å². The molecule has 0 bridgehead atoms. The van der Waals surface area contributed by atoms with E-state index in [-0.39, 0.29) is 5.91 Å². The number of amides is 1. The van der Waals surface area contributed by atoms with Gasteiger partial charge in [0.2, 0.25) is 0 Å². The maximum absolute atomic E-state index is 12.1. The number of carbonyl (C=O) groups excluding carboxylic acids is 1. The van der Waals surface area contributed by atoms with Crippen LogP contribution in [0.1, 0.15) is 34.2 Å². The molecule has 0 aromatic carbocycles. The average Bonchev–Trinajstić information content (AvgIpc) is 2.92. The van der Waals surface area contributed by atoms with E-state index in [9.17, 15) is 4.79 Å². The maximum atomic E-state index is 12.1. The summed E-state index contributed by atoms with van der Waals surface area (Å²) in [6.45, 7) is 0.513. The molecular weight excluding hydrogens is 248 g/mol. The van der Waals surface area contributed by atoms with Crippen molar-refractivity contribution in [1.82, 2.24) is 14.9 Å².